The van der Waals surface area contributed by atoms with Crippen molar-refractivity contribution in [2.24, 2.45) is 5.92 Å². The predicted molar refractivity (Wildman–Crippen MR) is 86.1 cm³/mol. The zero-order valence-electron chi connectivity index (χ0n) is 12.8. The Morgan fingerprint density at radius 2 is 1.75 bits per heavy atom. The van der Waals surface area contributed by atoms with Gasteiger partial charge >= 0.3 is 0 Å². The molecule has 20 heavy (non-hydrogen) atoms. The number of benzene rings is 1. The molecule has 0 amide bonds. The third-order valence-corrected chi connectivity index (χ3v) is 5.04. The molecule has 0 radical (unpaired) electrons. The van der Waals surface area contributed by atoms with Gasteiger partial charge in [0.1, 0.15) is 0 Å². The van der Waals surface area contributed by atoms with Crippen LogP contribution in [-0.2, 0) is 6.54 Å². The highest BCUT2D eigenvalue weighted by molar-refractivity contribution is 5.54. The number of hydrogen-bond donors (Lipinski definition) is 1. The molecule has 3 rings (SSSR count). The van der Waals surface area contributed by atoms with Crippen LogP contribution in [0.4, 0.5) is 5.69 Å². The second-order valence-corrected chi connectivity index (χ2v) is 6.66. The summed E-state index contributed by atoms with van der Waals surface area (Å²) in [6.07, 6.45) is 8.20. The molecule has 1 N–H and O–H groups in total. The van der Waals surface area contributed by atoms with Crippen LogP contribution in [0.1, 0.15) is 51.0 Å². The second kappa shape index (κ2) is 6.62. The van der Waals surface area contributed by atoms with Crippen LogP contribution in [0.25, 0.3) is 0 Å². The zero-order valence-corrected chi connectivity index (χ0v) is 12.8. The molecule has 0 atom stereocenters. The minimum Gasteiger partial charge on any atom is -0.371 e. The van der Waals surface area contributed by atoms with Gasteiger partial charge in [0, 0.05) is 31.4 Å². The smallest absolute Gasteiger partial charge is 0.0411 e. The molecule has 1 saturated carbocycles. The lowest BCUT2D eigenvalue weighted by atomic mass is 9.87. The highest BCUT2D eigenvalue weighted by atomic mass is 15.1. The average molecular weight is 272 g/mol. The van der Waals surface area contributed by atoms with E-state index >= 15 is 0 Å². The first-order valence-corrected chi connectivity index (χ1v) is 8.39. The van der Waals surface area contributed by atoms with E-state index in [1.165, 1.54) is 62.9 Å². The molecule has 2 nitrogen and oxygen atoms in total. The maximum absolute atomic E-state index is 3.80. The van der Waals surface area contributed by atoms with E-state index in [-0.39, 0.29) is 0 Å². The van der Waals surface area contributed by atoms with Crippen molar-refractivity contribution in [2.75, 3.05) is 18.0 Å². The lowest BCUT2D eigenvalue weighted by Crippen LogP contribution is -2.32. The molecule has 0 aromatic heterocycles. The van der Waals surface area contributed by atoms with E-state index in [1.54, 1.807) is 0 Å². The minimum atomic E-state index is 0.734. The molecule has 1 aliphatic carbocycles. The summed E-state index contributed by atoms with van der Waals surface area (Å²) in [5, 5.41) is 3.80. The van der Waals surface area contributed by atoms with Gasteiger partial charge in [-0.25, -0.2) is 0 Å². The zero-order chi connectivity index (χ0) is 13.8. The summed E-state index contributed by atoms with van der Waals surface area (Å²) in [5.74, 6) is 0.935. The predicted octanol–water partition coefficient (Wildman–Crippen LogP) is 3.96. The van der Waals surface area contributed by atoms with Gasteiger partial charge in [-0.3, -0.25) is 0 Å². The molecule has 2 aliphatic rings. The van der Waals surface area contributed by atoms with Gasteiger partial charge in [-0.15, -0.1) is 0 Å². The molecule has 1 aliphatic heterocycles. The number of rotatable bonds is 4. The first-order valence-electron chi connectivity index (χ1n) is 8.39. The molecule has 1 saturated heterocycles. The fraction of sp³-hybridized carbons (Fsp3) is 0.667. The van der Waals surface area contributed by atoms with Gasteiger partial charge in [0.25, 0.3) is 0 Å². The maximum Gasteiger partial charge on any atom is 0.0411 e. The monoisotopic (exact) mass is 272 g/mol. The largest absolute Gasteiger partial charge is 0.371 e. The van der Waals surface area contributed by atoms with Gasteiger partial charge in [0.15, 0.2) is 0 Å². The van der Waals surface area contributed by atoms with Crippen LogP contribution in [0.3, 0.4) is 0 Å². The molecule has 1 aromatic rings. The Labute approximate surface area is 123 Å². The van der Waals surface area contributed by atoms with Crippen LogP contribution in [0.2, 0.25) is 0 Å². The molecular weight excluding hydrogens is 244 g/mol. The van der Waals surface area contributed by atoms with Crippen molar-refractivity contribution < 1.29 is 0 Å². The lowest BCUT2D eigenvalue weighted by molar-refractivity contribution is 0.306. The molecule has 0 unspecified atom stereocenters. The van der Waals surface area contributed by atoms with Gasteiger partial charge in [0.05, 0.1) is 0 Å². The van der Waals surface area contributed by atoms with Crippen LogP contribution >= 0.6 is 0 Å². The van der Waals surface area contributed by atoms with Crippen molar-refractivity contribution in [2.45, 2.75) is 58.0 Å². The van der Waals surface area contributed by atoms with E-state index in [1.807, 2.05) is 0 Å². The van der Waals surface area contributed by atoms with Crippen molar-refractivity contribution in [3.63, 3.8) is 0 Å². The third kappa shape index (κ3) is 3.35. The van der Waals surface area contributed by atoms with Gasteiger partial charge in [0.2, 0.25) is 0 Å². The van der Waals surface area contributed by atoms with Crippen LogP contribution in [-0.4, -0.2) is 19.1 Å². The molecular formula is C18H28N2. The quantitative estimate of drug-likeness (QED) is 0.892. The molecule has 1 heterocycles. The van der Waals surface area contributed by atoms with E-state index < -0.39 is 0 Å². The molecule has 2 heteroatoms. The normalized spacial score (nSPS) is 26.9. The minimum absolute atomic E-state index is 0.734. The summed E-state index contributed by atoms with van der Waals surface area (Å²) in [5.41, 5.74) is 2.94. The van der Waals surface area contributed by atoms with Gasteiger partial charge in [-0.2, -0.15) is 0 Å². The van der Waals surface area contributed by atoms with Crippen LogP contribution < -0.4 is 10.2 Å². The molecule has 0 bridgehead atoms. The summed E-state index contributed by atoms with van der Waals surface area (Å²) in [6, 6.07) is 9.69. The summed E-state index contributed by atoms with van der Waals surface area (Å²) < 4.78 is 0. The summed E-state index contributed by atoms with van der Waals surface area (Å²) in [4.78, 5) is 2.56. The lowest BCUT2D eigenvalue weighted by Gasteiger charge is -2.28. The number of hydrogen-bond acceptors (Lipinski definition) is 2. The van der Waals surface area contributed by atoms with Crippen LogP contribution in [0.15, 0.2) is 24.3 Å². The Morgan fingerprint density at radius 3 is 2.50 bits per heavy atom. The Balaban J connectivity index is 1.59. The molecule has 2 fully saturated rings. The topological polar surface area (TPSA) is 15.3 Å². The van der Waals surface area contributed by atoms with Gasteiger partial charge in [-0.1, -0.05) is 25.1 Å². The fourth-order valence-electron chi connectivity index (χ4n) is 3.65. The van der Waals surface area contributed by atoms with Crippen LogP contribution in [0.5, 0.6) is 0 Å². The first-order chi connectivity index (χ1) is 9.83. The van der Waals surface area contributed by atoms with Crippen molar-refractivity contribution in [1.29, 1.82) is 0 Å². The molecule has 110 valence electrons. The molecule has 0 spiro atoms. The Kier molecular flexibility index (Phi) is 4.62. The van der Waals surface area contributed by atoms with E-state index in [9.17, 15) is 0 Å². The Hall–Kier alpha value is -1.02. The van der Waals surface area contributed by atoms with E-state index in [0.29, 0.717) is 0 Å². The standard InChI is InChI=1S/C18H28N2/c1-15-8-10-17(11-9-15)19-14-16-6-2-3-7-18(16)20-12-4-5-13-20/h2-3,6-7,15,17,19H,4-5,8-14H2,1H3. The second-order valence-electron chi connectivity index (χ2n) is 6.66. The van der Waals surface area contributed by atoms with Crippen molar-refractivity contribution >= 4 is 5.69 Å². The highest BCUT2D eigenvalue weighted by Gasteiger charge is 2.19. The van der Waals surface area contributed by atoms with Crippen molar-refractivity contribution in [3.8, 4) is 0 Å². The van der Waals surface area contributed by atoms with Gasteiger partial charge < -0.3 is 10.2 Å². The highest BCUT2D eigenvalue weighted by Crippen LogP contribution is 2.26. The van der Waals surface area contributed by atoms with Crippen LogP contribution in [0, 0.1) is 5.92 Å². The fourth-order valence-corrected chi connectivity index (χ4v) is 3.65. The van der Waals surface area contributed by atoms with E-state index in [0.717, 1.165) is 18.5 Å². The van der Waals surface area contributed by atoms with E-state index in [4.69, 9.17) is 0 Å². The summed E-state index contributed by atoms with van der Waals surface area (Å²) in [6.45, 7) is 5.89. The van der Waals surface area contributed by atoms with E-state index in [2.05, 4.69) is 41.4 Å². The number of nitrogens with zero attached hydrogens (tertiary/aromatic N) is 1. The Morgan fingerprint density at radius 1 is 1.05 bits per heavy atom. The Bertz CT molecular complexity index is 415. The first kappa shape index (κ1) is 13.9. The summed E-state index contributed by atoms with van der Waals surface area (Å²) in [7, 11) is 0. The third-order valence-electron chi connectivity index (χ3n) is 5.04. The van der Waals surface area contributed by atoms with Crippen molar-refractivity contribution in [3.05, 3.63) is 29.8 Å². The number of nitrogens with one attached hydrogen (secondary N) is 1. The average Bonchev–Trinajstić information content (AvgIpc) is 3.01. The summed E-state index contributed by atoms with van der Waals surface area (Å²) >= 11 is 0. The van der Waals surface area contributed by atoms with Gasteiger partial charge in [-0.05, 0) is 56.1 Å². The van der Waals surface area contributed by atoms with Crippen molar-refractivity contribution in [1.82, 2.24) is 5.32 Å². The SMILES string of the molecule is CC1CCC(NCc2ccccc2N2CCCC2)CC1. The number of anilines is 1. The number of para-hydroxylation sites is 1. The maximum atomic E-state index is 3.80. The molecule has 1 aromatic carbocycles.